The number of aryl methyl sites for hydroxylation is 1. The lowest BCUT2D eigenvalue weighted by atomic mass is 10.2. The first-order valence-electron chi connectivity index (χ1n) is 5.43. The van der Waals surface area contributed by atoms with E-state index in [1.165, 1.54) is 18.5 Å². The summed E-state index contributed by atoms with van der Waals surface area (Å²) < 4.78 is 25.0. The van der Waals surface area contributed by atoms with E-state index in [4.69, 9.17) is 0 Å². The van der Waals surface area contributed by atoms with Crippen LogP contribution in [0.5, 0.6) is 5.75 Å². The van der Waals surface area contributed by atoms with Crippen LogP contribution in [0.1, 0.15) is 6.92 Å². The van der Waals surface area contributed by atoms with Gasteiger partial charge in [-0.25, -0.2) is 8.42 Å². The van der Waals surface area contributed by atoms with Crippen molar-refractivity contribution in [2.45, 2.75) is 11.8 Å². The van der Waals surface area contributed by atoms with Crippen LogP contribution in [-0.2, 0) is 16.9 Å². The number of para-hydroxylation sites is 1. The maximum atomic E-state index is 12.0. The van der Waals surface area contributed by atoms with Crippen molar-refractivity contribution in [1.82, 2.24) is 4.57 Å². The first-order valence-corrected chi connectivity index (χ1v) is 7.09. The highest BCUT2D eigenvalue weighted by Gasteiger charge is 2.24. The molecule has 2 aromatic rings. The number of aromatic nitrogens is 1. The van der Waals surface area contributed by atoms with E-state index in [1.807, 2.05) is 0 Å². The minimum absolute atomic E-state index is 0.228. The third-order valence-electron chi connectivity index (χ3n) is 2.93. The van der Waals surface area contributed by atoms with Gasteiger partial charge in [-0.05, 0) is 12.1 Å². The van der Waals surface area contributed by atoms with E-state index in [2.05, 4.69) is 0 Å². The average molecular weight is 267 g/mol. The number of sulfone groups is 1. The second-order valence-electron chi connectivity index (χ2n) is 3.96. The molecule has 0 aliphatic carbocycles. The standard InChI is InChI=1S/C12H13NO4S/c1-3-18(16,17)11-10(14)8-6-4-5-7-9(8)13(2)12(11)15/h4-7,14H,3H2,1-2H3. The van der Waals surface area contributed by atoms with Crippen molar-refractivity contribution in [3.63, 3.8) is 0 Å². The summed E-state index contributed by atoms with van der Waals surface area (Å²) in [7, 11) is -2.27. The number of benzene rings is 1. The zero-order valence-corrected chi connectivity index (χ0v) is 10.9. The Bertz CT molecular complexity index is 774. The van der Waals surface area contributed by atoms with Crippen LogP contribution in [0, 0.1) is 0 Å². The largest absolute Gasteiger partial charge is 0.506 e. The number of pyridine rings is 1. The summed E-state index contributed by atoms with van der Waals surface area (Å²) in [6, 6.07) is 6.63. The lowest BCUT2D eigenvalue weighted by molar-refractivity contribution is 0.461. The molecular weight excluding hydrogens is 254 g/mol. The molecule has 18 heavy (non-hydrogen) atoms. The molecule has 1 aromatic heterocycles. The van der Waals surface area contributed by atoms with Gasteiger partial charge in [0.25, 0.3) is 5.56 Å². The molecule has 0 aliphatic rings. The molecular formula is C12H13NO4S. The molecule has 96 valence electrons. The fraction of sp³-hybridized carbons (Fsp3) is 0.250. The minimum Gasteiger partial charge on any atom is -0.506 e. The van der Waals surface area contributed by atoms with Crippen LogP contribution in [-0.4, -0.2) is 23.8 Å². The van der Waals surface area contributed by atoms with Crippen LogP contribution in [0.4, 0.5) is 0 Å². The molecule has 0 saturated carbocycles. The van der Waals surface area contributed by atoms with Crippen molar-refractivity contribution < 1.29 is 13.5 Å². The number of aromatic hydroxyl groups is 1. The summed E-state index contributed by atoms with van der Waals surface area (Å²) in [5.74, 6) is -0.690. The van der Waals surface area contributed by atoms with Crippen LogP contribution in [0.15, 0.2) is 34.0 Å². The van der Waals surface area contributed by atoms with Gasteiger partial charge >= 0.3 is 0 Å². The highest BCUT2D eigenvalue weighted by atomic mass is 32.2. The quantitative estimate of drug-likeness (QED) is 0.882. The van der Waals surface area contributed by atoms with E-state index in [9.17, 15) is 18.3 Å². The van der Waals surface area contributed by atoms with Gasteiger partial charge in [-0.3, -0.25) is 4.79 Å². The fourth-order valence-corrected chi connectivity index (χ4v) is 2.97. The normalized spacial score (nSPS) is 11.9. The summed E-state index contributed by atoms with van der Waals surface area (Å²) in [5, 5.41) is 10.4. The highest BCUT2D eigenvalue weighted by molar-refractivity contribution is 7.91. The molecule has 0 radical (unpaired) electrons. The van der Waals surface area contributed by atoms with Gasteiger partial charge in [0, 0.05) is 12.4 Å². The van der Waals surface area contributed by atoms with Gasteiger partial charge < -0.3 is 9.67 Å². The van der Waals surface area contributed by atoms with Gasteiger partial charge in [0.1, 0.15) is 5.75 Å². The highest BCUT2D eigenvalue weighted by Crippen LogP contribution is 2.28. The Hall–Kier alpha value is -1.82. The molecule has 0 spiro atoms. The molecule has 0 atom stereocenters. The molecule has 1 heterocycles. The smallest absolute Gasteiger partial charge is 0.273 e. The average Bonchev–Trinajstić information content (AvgIpc) is 2.36. The number of rotatable bonds is 2. The van der Waals surface area contributed by atoms with Gasteiger partial charge in [-0.1, -0.05) is 19.1 Å². The molecule has 5 nitrogen and oxygen atoms in total. The summed E-state index contributed by atoms with van der Waals surface area (Å²) in [6.45, 7) is 1.43. The molecule has 1 N–H and O–H groups in total. The zero-order chi connectivity index (χ0) is 13.5. The molecule has 6 heteroatoms. The molecule has 1 aromatic carbocycles. The second-order valence-corrected chi connectivity index (χ2v) is 6.18. The monoisotopic (exact) mass is 267 g/mol. The van der Waals surface area contributed by atoms with E-state index in [1.54, 1.807) is 24.3 Å². The molecule has 0 bridgehead atoms. The van der Waals surface area contributed by atoms with Gasteiger partial charge in [-0.15, -0.1) is 0 Å². The minimum atomic E-state index is -3.76. The number of hydrogen-bond acceptors (Lipinski definition) is 4. The van der Waals surface area contributed by atoms with Crippen LogP contribution >= 0.6 is 0 Å². The molecule has 2 rings (SSSR count). The van der Waals surface area contributed by atoms with Crippen molar-refractivity contribution in [3.05, 3.63) is 34.6 Å². The lowest BCUT2D eigenvalue weighted by Gasteiger charge is -2.11. The van der Waals surface area contributed by atoms with Crippen molar-refractivity contribution in [3.8, 4) is 5.75 Å². The van der Waals surface area contributed by atoms with Crippen molar-refractivity contribution in [1.29, 1.82) is 0 Å². The Kier molecular flexibility index (Phi) is 2.90. The molecule has 0 fully saturated rings. The van der Waals surface area contributed by atoms with Crippen LogP contribution < -0.4 is 5.56 Å². The Morgan fingerprint density at radius 2 is 1.89 bits per heavy atom. The Morgan fingerprint density at radius 3 is 2.50 bits per heavy atom. The van der Waals surface area contributed by atoms with E-state index in [-0.39, 0.29) is 5.75 Å². The molecule has 0 amide bonds. The maximum absolute atomic E-state index is 12.0. The first-order chi connectivity index (χ1) is 8.40. The first kappa shape index (κ1) is 12.6. The van der Waals surface area contributed by atoms with Crippen molar-refractivity contribution in [2.75, 3.05) is 5.75 Å². The SMILES string of the molecule is CCS(=O)(=O)c1c(O)c2ccccc2n(C)c1=O. The van der Waals surface area contributed by atoms with Crippen LogP contribution in [0.2, 0.25) is 0 Å². The summed E-state index contributed by atoms with van der Waals surface area (Å²) in [6.07, 6.45) is 0. The molecule has 0 unspecified atom stereocenters. The van der Waals surface area contributed by atoms with Gasteiger partial charge in [0.15, 0.2) is 14.7 Å². The molecule has 0 aliphatic heterocycles. The third-order valence-corrected chi connectivity index (χ3v) is 4.68. The Morgan fingerprint density at radius 1 is 1.28 bits per heavy atom. The van der Waals surface area contributed by atoms with E-state index < -0.39 is 26.0 Å². The number of hydrogen-bond donors (Lipinski definition) is 1. The van der Waals surface area contributed by atoms with E-state index in [0.29, 0.717) is 10.9 Å². The summed E-state index contributed by atoms with van der Waals surface area (Å²) in [5.41, 5.74) is -0.205. The van der Waals surface area contributed by atoms with Crippen molar-refractivity contribution in [2.24, 2.45) is 7.05 Å². The third kappa shape index (κ3) is 1.69. The van der Waals surface area contributed by atoms with E-state index >= 15 is 0 Å². The fourth-order valence-electron chi connectivity index (χ4n) is 1.88. The summed E-state index contributed by atoms with van der Waals surface area (Å²) >= 11 is 0. The van der Waals surface area contributed by atoms with E-state index in [0.717, 1.165) is 0 Å². The topological polar surface area (TPSA) is 76.4 Å². The van der Waals surface area contributed by atoms with Crippen LogP contribution in [0.3, 0.4) is 0 Å². The van der Waals surface area contributed by atoms with Crippen molar-refractivity contribution >= 4 is 20.7 Å². The van der Waals surface area contributed by atoms with Gasteiger partial charge in [0.05, 0.1) is 11.3 Å². The zero-order valence-electron chi connectivity index (χ0n) is 10.0. The van der Waals surface area contributed by atoms with Gasteiger partial charge in [0.2, 0.25) is 0 Å². The number of nitrogens with zero attached hydrogens (tertiary/aromatic N) is 1. The summed E-state index contributed by atoms with van der Waals surface area (Å²) in [4.78, 5) is 11.5. The predicted molar refractivity (Wildman–Crippen MR) is 68.6 cm³/mol. The molecule has 0 saturated heterocycles. The second kappa shape index (κ2) is 4.13. The Balaban J connectivity index is 3.07. The van der Waals surface area contributed by atoms with Gasteiger partial charge in [-0.2, -0.15) is 0 Å². The van der Waals surface area contributed by atoms with Crippen LogP contribution in [0.25, 0.3) is 10.9 Å². The maximum Gasteiger partial charge on any atom is 0.273 e. The number of fused-ring (bicyclic) bond motifs is 1. The lowest BCUT2D eigenvalue weighted by Crippen LogP contribution is -2.25. The Labute approximate surface area is 104 Å². The predicted octanol–water partition coefficient (Wildman–Crippen LogP) is 1.04.